The first kappa shape index (κ1) is 21.5. The highest BCUT2D eigenvalue weighted by Gasteiger charge is 2.15. The molecule has 1 amide bonds. The Labute approximate surface area is 187 Å². The van der Waals surface area contributed by atoms with Gasteiger partial charge in [0.05, 0.1) is 13.2 Å². The molecule has 0 unspecified atom stereocenters. The fourth-order valence-corrected chi connectivity index (χ4v) is 3.36. The van der Waals surface area contributed by atoms with Gasteiger partial charge in [-0.1, -0.05) is 23.8 Å². The number of amides is 1. The molecule has 1 aromatic carbocycles. The van der Waals surface area contributed by atoms with Crippen LogP contribution in [-0.4, -0.2) is 53.7 Å². The maximum atomic E-state index is 12.5. The average Bonchev–Trinajstić information content (AvgIpc) is 2.84. The van der Waals surface area contributed by atoms with Gasteiger partial charge in [0.25, 0.3) is 5.91 Å². The minimum Gasteiger partial charge on any atom is -0.378 e. The molecule has 2 aromatic heterocycles. The van der Waals surface area contributed by atoms with Gasteiger partial charge in [-0.25, -0.2) is 0 Å². The zero-order chi connectivity index (χ0) is 22.2. The number of carbonyl (C=O) groups excluding carboxylic acids is 1. The monoisotopic (exact) mass is 433 g/mol. The summed E-state index contributed by atoms with van der Waals surface area (Å²) in [4.78, 5) is 28.2. The fraction of sp³-hybridized carbons (Fsp3) is 0.304. The van der Waals surface area contributed by atoms with Gasteiger partial charge in [-0.15, -0.1) is 0 Å². The molecule has 0 saturated carbocycles. The highest BCUT2D eigenvalue weighted by atomic mass is 16.5. The zero-order valence-corrected chi connectivity index (χ0v) is 18.0. The molecule has 32 heavy (non-hydrogen) atoms. The molecule has 166 valence electrons. The Kier molecular flexibility index (Phi) is 7.08. The summed E-state index contributed by atoms with van der Waals surface area (Å²) in [5, 5.41) is 3.27. The largest absolute Gasteiger partial charge is 0.378 e. The number of nitrogens with zero attached hydrogens (tertiary/aromatic N) is 4. The highest BCUT2D eigenvalue weighted by molar-refractivity contribution is 5.95. The number of ether oxygens (including phenoxy) is 1. The van der Waals surface area contributed by atoms with Gasteiger partial charge in [-0.3, -0.25) is 20.6 Å². The van der Waals surface area contributed by atoms with Crippen LogP contribution in [0.1, 0.15) is 21.6 Å². The van der Waals surface area contributed by atoms with E-state index in [9.17, 15) is 4.79 Å². The van der Waals surface area contributed by atoms with Crippen LogP contribution in [0.3, 0.4) is 0 Å². The molecule has 3 N–H and O–H groups in total. The number of pyridine rings is 1. The predicted octanol–water partition coefficient (Wildman–Crippen LogP) is 2.43. The van der Waals surface area contributed by atoms with Gasteiger partial charge in [0.2, 0.25) is 5.95 Å². The minimum atomic E-state index is -0.232. The van der Waals surface area contributed by atoms with Crippen LogP contribution in [-0.2, 0) is 11.2 Å². The number of hydrogen-bond donors (Lipinski definition) is 3. The molecule has 0 radical (unpaired) electrons. The van der Waals surface area contributed by atoms with Crippen LogP contribution in [0.4, 0.5) is 17.6 Å². The van der Waals surface area contributed by atoms with Crippen LogP contribution in [0.5, 0.6) is 0 Å². The van der Waals surface area contributed by atoms with Gasteiger partial charge in [-0.05, 0) is 31.2 Å². The van der Waals surface area contributed by atoms with E-state index in [-0.39, 0.29) is 5.91 Å². The number of benzene rings is 1. The molecule has 1 aliphatic heterocycles. The third-order valence-corrected chi connectivity index (χ3v) is 5.02. The molecule has 0 aliphatic carbocycles. The van der Waals surface area contributed by atoms with Gasteiger partial charge in [0, 0.05) is 49.6 Å². The van der Waals surface area contributed by atoms with Gasteiger partial charge in [0.15, 0.2) is 5.82 Å². The van der Waals surface area contributed by atoms with E-state index in [0.29, 0.717) is 37.1 Å². The molecule has 9 nitrogen and oxygen atoms in total. The fourth-order valence-electron chi connectivity index (χ4n) is 3.36. The normalized spacial score (nSPS) is 13.5. The molecule has 0 atom stereocenters. The zero-order valence-electron chi connectivity index (χ0n) is 18.0. The van der Waals surface area contributed by atoms with Crippen molar-refractivity contribution in [1.82, 2.24) is 20.4 Å². The number of rotatable bonds is 8. The van der Waals surface area contributed by atoms with Crippen LogP contribution >= 0.6 is 0 Å². The summed E-state index contributed by atoms with van der Waals surface area (Å²) < 4.78 is 5.45. The minimum absolute atomic E-state index is 0.232. The molecule has 1 saturated heterocycles. The van der Waals surface area contributed by atoms with Crippen LogP contribution < -0.4 is 21.1 Å². The number of anilines is 3. The van der Waals surface area contributed by atoms with Crippen LogP contribution in [0.15, 0.2) is 54.7 Å². The van der Waals surface area contributed by atoms with Gasteiger partial charge in [0.1, 0.15) is 5.82 Å². The number of aromatic nitrogens is 3. The molecule has 4 rings (SSSR count). The summed E-state index contributed by atoms with van der Waals surface area (Å²) in [5.41, 5.74) is 8.24. The van der Waals surface area contributed by atoms with Crippen molar-refractivity contribution in [2.24, 2.45) is 0 Å². The topological polar surface area (TPSA) is 104 Å². The van der Waals surface area contributed by atoms with Crippen molar-refractivity contribution in [3.63, 3.8) is 0 Å². The molecule has 9 heteroatoms. The lowest BCUT2D eigenvalue weighted by molar-refractivity contribution is 0.0962. The third kappa shape index (κ3) is 5.92. The van der Waals surface area contributed by atoms with E-state index in [4.69, 9.17) is 4.74 Å². The van der Waals surface area contributed by atoms with E-state index in [1.54, 1.807) is 12.3 Å². The Morgan fingerprint density at radius 3 is 2.75 bits per heavy atom. The first-order chi connectivity index (χ1) is 15.7. The van der Waals surface area contributed by atoms with Crippen molar-refractivity contribution >= 4 is 23.5 Å². The van der Waals surface area contributed by atoms with Gasteiger partial charge in [-0.2, -0.15) is 9.97 Å². The van der Waals surface area contributed by atoms with Crippen molar-refractivity contribution in [3.05, 3.63) is 71.5 Å². The number of hydrazine groups is 1. The first-order valence-electron chi connectivity index (χ1n) is 10.7. The summed E-state index contributed by atoms with van der Waals surface area (Å²) in [6, 6.07) is 15.1. The third-order valence-electron chi connectivity index (χ3n) is 5.02. The molecule has 1 aliphatic rings. The second-order valence-corrected chi connectivity index (χ2v) is 7.48. The molecule has 3 aromatic rings. The van der Waals surface area contributed by atoms with Crippen LogP contribution in [0.25, 0.3) is 0 Å². The van der Waals surface area contributed by atoms with Crippen LogP contribution in [0.2, 0.25) is 0 Å². The summed E-state index contributed by atoms with van der Waals surface area (Å²) in [6.45, 7) is 5.39. The first-order valence-corrected chi connectivity index (χ1v) is 10.7. The lowest BCUT2D eigenvalue weighted by Gasteiger charge is -2.28. The number of morpholine rings is 1. The van der Waals surface area contributed by atoms with E-state index in [2.05, 4.69) is 36.0 Å². The maximum absolute atomic E-state index is 12.5. The second-order valence-electron chi connectivity index (χ2n) is 7.48. The van der Waals surface area contributed by atoms with E-state index in [1.807, 2.05) is 49.4 Å². The summed E-state index contributed by atoms with van der Waals surface area (Å²) in [6.07, 6.45) is 2.53. The van der Waals surface area contributed by atoms with Crippen molar-refractivity contribution in [2.45, 2.75) is 13.3 Å². The number of hydrogen-bond acceptors (Lipinski definition) is 8. The van der Waals surface area contributed by atoms with E-state index in [1.165, 1.54) is 0 Å². The molecule has 0 spiro atoms. The SMILES string of the molecule is Cc1cccc(C(=O)NNc2cc(N3CCOCC3)nc(NCCc3ccccn3)n2)c1. The number of aryl methyl sites for hydroxylation is 1. The lowest BCUT2D eigenvalue weighted by atomic mass is 10.1. The lowest BCUT2D eigenvalue weighted by Crippen LogP contribution is -2.37. The number of nitrogens with one attached hydrogen (secondary N) is 3. The quantitative estimate of drug-likeness (QED) is 0.466. The predicted molar refractivity (Wildman–Crippen MR) is 124 cm³/mol. The van der Waals surface area contributed by atoms with Crippen LogP contribution in [0, 0.1) is 6.92 Å². The summed E-state index contributed by atoms with van der Waals surface area (Å²) in [5.74, 6) is 1.53. The maximum Gasteiger partial charge on any atom is 0.269 e. The van der Waals surface area contributed by atoms with Crippen molar-refractivity contribution in [2.75, 3.05) is 48.5 Å². The average molecular weight is 434 g/mol. The molecular formula is C23H27N7O2. The Morgan fingerprint density at radius 2 is 1.97 bits per heavy atom. The standard InChI is InChI=1S/C23H27N7O2/c1-17-5-4-6-18(15-17)22(31)29-28-20-16-21(30-11-13-32-14-12-30)27-23(26-20)25-10-8-19-7-2-3-9-24-19/h2-7,9,15-16H,8,10-14H2,1H3,(H,29,31)(H2,25,26,27,28). The molecular weight excluding hydrogens is 406 g/mol. The molecule has 1 fully saturated rings. The smallest absolute Gasteiger partial charge is 0.269 e. The second kappa shape index (κ2) is 10.5. The van der Waals surface area contributed by atoms with Crippen molar-refractivity contribution < 1.29 is 9.53 Å². The molecule has 3 heterocycles. The Morgan fingerprint density at radius 1 is 1.09 bits per heavy atom. The van der Waals surface area contributed by atoms with Crippen molar-refractivity contribution in [1.29, 1.82) is 0 Å². The Hall–Kier alpha value is -3.72. The molecule has 0 bridgehead atoms. The van der Waals surface area contributed by atoms with E-state index in [0.717, 1.165) is 36.6 Å². The highest BCUT2D eigenvalue weighted by Crippen LogP contribution is 2.19. The van der Waals surface area contributed by atoms with E-state index >= 15 is 0 Å². The summed E-state index contributed by atoms with van der Waals surface area (Å²) in [7, 11) is 0. The Balaban J connectivity index is 1.45. The summed E-state index contributed by atoms with van der Waals surface area (Å²) >= 11 is 0. The van der Waals surface area contributed by atoms with Gasteiger partial charge >= 0.3 is 0 Å². The van der Waals surface area contributed by atoms with E-state index < -0.39 is 0 Å². The Bertz CT molecular complexity index is 1040. The van der Waals surface area contributed by atoms with Gasteiger partial charge < -0.3 is 15.0 Å². The van der Waals surface area contributed by atoms with Crippen molar-refractivity contribution in [3.8, 4) is 0 Å². The number of carbonyl (C=O) groups is 1.